The summed E-state index contributed by atoms with van der Waals surface area (Å²) in [5, 5.41) is 10.1. The third-order valence-electron chi connectivity index (χ3n) is 6.08. The minimum absolute atomic E-state index is 0.234. The van der Waals surface area contributed by atoms with Gasteiger partial charge in [0.2, 0.25) is 10.0 Å². The maximum atomic E-state index is 13.7. The van der Waals surface area contributed by atoms with Crippen LogP contribution >= 0.6 is 11.6 Å². The zero-order valence-electron chi connectivity index (χ0n) is 17.0. The fraction of sp³-hybridized carbons (Fsp3) is 0.409. The Balaban J connectivity index is 1.63. The Hall–Kier alpha value is -2.09. The number of rotatable bonds is 4. The Kier molecular flexibility index (Phi) is 5.55. The van der Waals surface area contributed by atoms with Gasteiger partial charge in [0.1, 0.15) is 0 Å². The fourth-order valence-electron chi connectivity index (χ4n) is 4.79. The van der Waals surface area contributed by atoms with Gasteiger partial charge < -0.3 is 10.0 Å². The Labute approximate surface area is 182 Å². The van der Waals surface area contributed by atoms with E-state index in [2.05, 4.69) is 4.90 Å². The zero-order chi connectivity index (χ0) is 21.6. The van der Waals surface area contributed by atoms with Gasteiger partial charge in [-0.3, -0.25) is 4.79 Å². The maximum absolute atomic E-state index is 13.7. The largest absolute Gasteiger partial charge is 0.481 e. The van der Waals surface area contributed by atoms with Crippen LogP contribution in [0, 0.1) is 5.92 Å². The number of carboxylic acid groups (broad SMARTS) is 1. The summed E-state index contributed by atoms with van der Waals surface area (Å²) in [6.45, 7) is 4.97. The molecule has 0 aromatic heterocycles. The van der Waals surface area contributed by atoms with Crippen LogP contribution in [0.25, 0.3) is 0 Å². The molecule has 4 rings (SSSR count). The average Bonchev–Trinajstić information content (AvgIpc) is 3.12. The number of benzene rings is 2. The molecule has 1 heterocycles. The number of carboxylic acids is 1. The normalized spacial score (nSPS) is 24.6. The molecule has 8 heteroatoms. The Morgan fingerprint density at radius 1 is 1.03 bits per heavy atom. The molecule has 6 nitrogen and oxygen atoms in total. The molecule has 160 valence electrons. The van der Waals surface area contributed by atoms with Gasteiger partial charge in [0.05, 0.1) is 10.8 Å². The van der Waals surface area contributed by atoms with Gasteiger partial charge >= 0.3 is 5.97 Å². The predicted octanol–water partition coefficient (Wildman–Crippen LogP) is 3.43. The monoisotopic (exact) mass is 448 g/mol. The van der Waals surface area contributed by atoms with Crippen LogP contribution in [0.15, 0.2) is 47.4 Å². The highest BCUT2D eigenvalue weighted by molar-refractivity contribution is 7.89. The number of anilines is 1. The molecule has 0 amide bonds. The van der Waals surface area contributed by atoms with Gasteiger partial charge in [0.15, 0.2) is 0 Å². The number of nitrogens with zero attached hydrogens (tertiary/aromatic N) is 2. The molecule has 2 aliphatic rings. The van der Waals surface area contributed by atoms with E-state index >= 15 is 0 Å². The summed E-state index contributed by atoms with van der Waals surface area (Å²) in [5.74, 6) is -1.44. The second-order valence-corrected chi connectivity index (χ2v) is 10.5. The fourth-order valence-corrected chi connectivity index (χ4v) is 7.00. The summed E-state index contributed by atoms with van der Waals surface area (Å²) < 4.78 is 28.9. The summed E-state index contributed by atoms with van der Waals surface area (Å²) in [6.07, 6.45) is 0.636. The van der Waals surface area contributed by atoms with Crippen molar-refractivity contribution in [2.24, 2.45) is 5.92 Å². The molecule has 2 aromatic rings. The lowest BCUT2D eigenvalue weighted by atomic mass is 10.1. The van der Waals surface area contributed by atoms with Gasteiger partial charge in [-0.15, -0.1) is 0 Å². The van der Waals surface area contributed by atoms with Crippen molar-refractivity contribution in [2.45, 2.75) is 43.7 Å². The standard InChI is InChI=1S/C22H25ClN2O4S/c1-14-12-24(19-8-6-18(23)7-9-19)13-15(2)25(14)30(28,29)21-5-3-4-16-10-17(22(26)27)11-20(16)21/h3-9,14-15,17H,10-13H2,1-2H3,(H,26,27). The molecular formula is C22H25ClN2O4S. The smallest absolute Gasteiger partial charge is 0.307 e. The molecule has 3 atom stereocenters. The number of fused-ring (bicyclic) bond motifs is 1. The van der Waals surface area contributed by atoms with E-state index in [1.54, 1.807) is 16.4 Å². The third kappa shape index (κ3) is 3.70. The molecule has 1 fully saturated rings. The van der Waals surface area contributed by atoms with E-state index in [0.717, 1.165) is 11.3 Å². The van der Waals surface area contributed by atoms with Crippen molar-refractivity contribution < 1.29 is 18.3 Å². The quantitative estimate of drug-likeness (QED) is 0.775. The van der Waals surface area contributed by atoms with Gasteiger partial charge in [-0.25, -0.2) is 8.42 Å². The van der Waals surface area contributed by atoms with Crippen molar-refractivity contribution >= 4 is 33.3 Å². The third-order valence-corrected chi connectivity index (χ3v) is 8.55. The molecule has 2 aromatic carbocycles. The highest BCUT2D eigenvalue weighted by atomic mass is 35.5. The number of hydrogen-bond acceptors (Lipinski definition) is 4. The first-order valence-corrected chi connectivity index (χ1v) is 11.9. The summed E-state index contributed by atoms with van der Waals surface area (Å²) in [6, 6.07) is 12.3. The highest BCUT2D eigenvalue weighted by Crippen LogP contribution is 2.36. The van der Waals surface area contributed by atoms with E-state index in [1.807, 2.05) is 44.2 Å². The van der Waals surface area contributed by atoms with Crippen LogP contribution in [0.1, 0.15) is 25.0 Å². The van der Waals surface area contributed by atoms with Crippen LogP contribution in [0.5, 0.6) is 0 Å². The van der Waals surface area contributed by atoms with E-state index in [0.29, 0.717) is 30.1 Å². The second kappa shape index (κ2) is 7.87. The molecule has 0 radical (unpaired) electrons. The summed E-state index contributed by atoms with van der Waals surface area (Å²) >= 11 is 5.99. The van der Waals surface area contributed by atoms with Gasteiger partial charge in [0.25, 0.3) is 0 Å². The van der Waals surface area contributed by atoms with Gasteiger partial charge in [-0.1, -0.05) is 23.7 Å². The molecule has 0 saturated carbocycles. The van der Waals surface area contributed by atoms with E-state index in [-0.39, 0.29) is 23.4 Å². The van der Waals surface area contributed by atoms with E-state index in [1.165, 1.54) is 0 Å². The average molecular weight is 449 g/mol. The minimum Gasteiger partial charge on any atom is -0.481 e. The van der Waals surface area contributed by atoms with E-state index in [4.69, 9.17) is 11.6 Å². The molecule has 3 unspecified atom stereocenters. The van der Waals surface area contributed by atoms with Crippen molar-refractivity contribution in [3.05, 3.63) is 58.6 Å². The Bertz CT molecular complexity index is 1060. The topological polar surface area (TPSA) is 77.9 Å². The highest BCUT2D eigenvalue weighted by Gasteiger charge is 2.41. The summed E-state index contributed by atoms with van der Waals surface area (Å²) in [5.41, 5.74) is 2.49. The first-order valence-electron chi connectivity index (χ1n) is 10.1. The lowest BCUT2D eigenvalue weighted by Crippen LogP contribution is -2.58. The Morgan fingerprint density at radius 3 is 2.27 bits per heavy atom. The van der Waals surface area contributed by atoms with Crippen molar-refractivity contribution in [1.29, 1.82) is 0 Å². The SMILES string of the molecule is CC1CN(c2ccc(Cl)cc2)CC(C)N1S(=O)(=O)c1cccc2c1CC(C(=O)O)C2. The van der Waals surface area contributed by atoms with E-state index in [9.17, 15) is 18.3 Å². The molecule has 1 N–H and O–H groups in total. The molecule has 0 bridgehead atoms. The molecule has 1 aliphatic heterocycles. The van der Waals surface area contributed by atoms with Crippen LogP contribution in [0.2, 0.25) is 5.02 Å². The number of piperazine rings is 1. The second-order valence-electron chi connectivity index (χ2n) is 8.25. The van der Waals surface area contributed by atoms with Crippen LogP contribution in [-0.4, -0.2) is 49.0 Å². The molecule has 0 spiro atoms. The van der Waals surface area contributed by atoms with Crippen molar-refractivity contribution in [1.82, 2.24) is 4.31 Å². The lowest BCUT2D eigenvalue weighted by Gasteiger charge is -2.44. The van der Waals surface area contributed by atoms with Crippen LogP contribution < -0.4 is 4.90 Å². The molecule has 1 saturated heterocycles. The maximum Gasteiger partial charge on any atom is 0.307 e. The van der Waals surface area contributed by atoms with E-state index < -0.39 is 21.9 Å². The molecular weight excluding hydrogens is 424 g/mol. The number of carbonyl (C=O) groups is 1. The minimum atomic E-state index is -3.75. The Morgan fingerprint density at radius 2 is 1.67 bits per heavy atom. The lowest BCUT2D eigenvalue weighted by molar-refractivity contribution is -0.141. The van der Waals surface area contributed by atoms with Gasteiger partial charge in [-0.2, -0.15) is 4.31 Å². The number of halogens is 1. The number of hydrogen-bond donors (Lipinski definition) is 1. The summed E-state index contributed by atoms with van der Waals surface area (Å²) in [7, 11) is -3.75. The summed E-state index contributed by atoms with van der Waals surface area (Å²) in [4.78, 5) is 13.9. The number of sulfonamides is 1. The van der Waals surface area contributed by atoms with Crippen LogP contribution in [0.4, 0.5) is 5.69 Å². The first kappa shape index (κ1) is 21.2. The van der Waals surface area contributed by atoms with Gasteiger partial charge in [0, 0.05) is 35.9 Å². The zero-order valence-corrected chi connectivity index (χ0v) is 18.5. The van der Waals surface area contributed by atoms with Crippen molar-refractivity contribution in [2.75, 3.05) is 18.0 Å². The molecule has 30 heavy (non-hydrogen) atoms. The van der Waals surface area contributed by atoms with Gasteiger partial charge in [-0.05, 0) is 68.1 Å². The van der Waals surface area contributed by atoms with Crippen molar-refractivity contribution in [3.63, 3.8) is 0 Å². The number of aliphatic carboxylic acids is 1. The predicted molar refractivity (Wildman–Crippen MR) is 117 cm³/mol. The molecule has 1 aliphatic carbocycles. The van der Waals surface area contributed by atoms with Crippen LogP contribution in [0.3, 0.4) is 0 Å². The van der Waals surface area contributed by atoms with Crippen LogP contribution in [-0.2, 0) is 27.7 Å². The van der Waals surface area contributed by atoms with Crippen molar-refractivity contribution in [3.8, 4) is 0 Å². The first-order chi connectivity index (χ1) is 14.2.